The second kappa shape index (κ2) is 5.86. The summed E-state index contributed by atoms with van der Waals surface area (Å²) in [7, 11) is -1.38. The predicted molar refractivity (Wildman–Crippen MR) is 94.2 cm³/mol. The van der Waals surface area contributed by atoms with Gasteiger partial charge in [0.05, 0.1) is 23.3 Å². The van der Waals surface area contributed by atoms with Crippen LogP contribution in [0.4, 0.5) is 5.69 Å². The van der Waals surface area contributed by atoms with Crippen molar-refractivity contribution >= 4 is 38.2 Å². The van der Waals surface area contributed by atoms with Gasteiger partial charge in [-0.1, -0.05) is 17.7 Å². The second-order valence-corrected chi connectivity index (χ2v) is 7.71. The third kappa shape index (κ3) is 3.18. The number of benzene rings is 1. The number of aryl methyl sites for hydroxylation is 1. The molecule has 5 nitrogen and oxygen atoms in total. The number of hydrogen-bond acceptors (Lipinski definition) is 3. The number of nitrogens with one attached hydrogen (secondary N) is 1. The summed E-state index contributed by atoms with van der Waals surface area (Å²) in [4.78, 5) is 4.14. The molecular weight excluding hydrogens is 334 g/mol. The Morgan fingerprint density at radius 2 is 2.00 bits per heavy atom. The molecule has 2 heterocycles. The van der Waals surface area contributed by atoms with E-state index in [0.717, 1.165) is 22.2 Å². The zero-order chi connectivity index (χ0) is 16.6. The van der Waals surface area contributed by atoms with Gasteiger partial charge in [-0.15, -0.1) is 0 Å². The van der Waals surface area contributed by atoms with Crippen molar-refractivity contribution in [3.8, 4) is 11.3 Å². The fourth-order valence-electron chi connectivity index (χ4n) is 2.47. The van der Waals surface area contributed by atoms with Crippen LogP contribution in [-0.2, 0) is 17.1 Å². The van der Waals surface area contributed by atoms with Crippen molar-refractivity contribution < 1.29 is 8.42 Å². The van der Waals surface area contributed by atoms with E-state index >= 15 is 0 Å². The number of rotatable bonds is 4. The van der Waals surface area contributed by atoms with Crippen molar-refractivity contribution in [3.63, 3.8) is 0 Å². The van der Waals surface area contributed by atoms with Crippen LogP contribution in [0, 0.1) is 0 Å². The molecule has 2 aromatic heterocycles. The molecule has 0 aliphatic heterocycles. The molecule has 0 radical (unpaired) electrons. The van der Waals surface area contributed by atoms with Crippen LogP contribution >= 0.6 is 11.6 Å². The average molecular weight is 350 g/mol. The van der Waals surface area contributed by atoms with Crippen molar-refractivity contribution in [2.75, 3.05) is 10.5 Å². The van der Waals surface area contributed by atoms with Crippen LogP contribution in [0.25, 0.3) is 22.2 Å². The quantitative estimate of drug-likeness (QED) is 0.781. The Bertz CT molecular complexity index is 980. The molecule has 7 heteroatoms. The Hall–Kier alpha value is -2.05. The van der Waals surface area contributed by atoms with Gasteiger partial charge in [-0.3, -0.25) is 9.71 Å². The van der Waals surface area contributed by atoms with Gasteiger partial charge in [0.1, 0.15) is 0 Å². The van der Waals surface area contributed by atoms with Crippen LogP contribution in [0.15, 0.2) is 42.7 Å². The zero-order valence-corrected chi connectivity index (χ0v) is 14.3. The molecule has 3 aromatic rings. The van der Waals surface area contributed by atoms with Gasteiger partial charge < -0.3 is 4.57 Å². The number of nitrogens with zero attached hydrogens (tertiary/aromatic N) is 2. The summed E-state index contributed by atoms with van der Waals surface area (Å²) >= 11 is 6.06. The van der Waals surface area contributed by atoms with Crippen molar-refractivity contribution in [2.24, 2.45) is 7.05 Å². The molecule has 1 N–H and O–H groups in total. The second-order valence-electron chi connectivity index (χ2n) is 5.26. The number of sulfonamides is 1. The van der Waals surface area contributed by atoms with Crippen molar-refractivity contribution in [3.05, 3.63) is 47.7 Å². The number of fused-ring (bicyclic) bond motifs is 1. The van der Waals surface area contributed by atoms with E-state index in [2.05, 4.69) is 9.71 Å². The maximum Gasteiger partial charge on any atom is 0.232 e. The third-order valence-corrected chi connectivity index (χ3v) is 5.24. The Labute approximate surface area is 140 Å². The highest BCUT2D eigenvalue weighted by atomic mass is 35.5. The standard InChI is InChI=1S/C16H16ClN3O2S/c1-3-23(21,22)19-14-6-12(9-18-10-14)15-7-11-4-5-13(17)8-16(11)20(15)2/h4-10,19H,3H2,1-2H3. The van der Waals surface area contributed by atoms with Crippen molar-refractivity contribution in [1.82, 2.24) is 9.55 Å². The molecule has 0 aliphatic rings. The maximum absolute atomic E-state index is 11.7. The maximum atomic E-state index is 11.7. The summed E-state index contributed by atoms with van der Waals surface area (Å²) in [6, 6.07) is 9.50. The highest BCUT2D eigenvalue weighted by Gasteiger charge is 2.11. The first-order valence-electron chi connectivity index (χ1n) is 7.10. The van der Waals surface area contributed by atoms with Crippen LogP contribution in [-0.4, -0.2) is 23.7 Å². The first-order valence-corrected chi connectivity index (χ1v) is 9.13. The minimum Gasteiger partial charge on any atom is -0.344 e. The summed E-state index contributed by atoms with van der Waals surface area (Å²) in [6.45, 7) is 1.59. The SMILES string of the molecule is CCS(=O)(=O)Nc1cncc(-c2cc3ccc(Cl)cc3n2C)c1. The molecule has 0 spiro atoms. The lowest BCUT2D eigenvalue weighted by Crippen LogP contribution is -2.14. The lowest BCUT2D eigenvalue weighted by molar-refractivity contribution is 0.602. The molecule has 0 bridgehead atoms. The monoisotopic (exact) mass is 349 g/mol. The van der Waals surface area contributed by atoms with E-state index < -0.39 is 10.0 Å². The van der Waals surface area contributed by atoms with Crippen LogP contribution in [0.5, 0.6) is 0 Å². The molecule has 3 rings (SSSR count). The van der Waals surface area contributed by atoms with Gasteiger partial charge >= 0.3 is 0 Å². The number of hydrogen-bond donors (Lipinski definition) is 1. The van der Waals surface area contributed by atoms with E-state index in [1.165, 1.54) is 6.20 Å². The molecule has 0 atom stereocenters. The van der Waals surface area contributed by atoms with Crippen LogP contribution in [0.1, 0.15) is 6.92 Å². The minimum absolute atomic E-state index is 0.0176. The van der Waals surface area contributed by atoms with E-state index in [1.807, 2.05) is 35.9 Å². The van der Waals surface area contributed by atoms with Crippen molar-refractivity contribution in [2.45, 2.75) is 6.92 Å². The Morgan fingerprint density at radius 1 is 1.22 bits per heavy atom. The van der Waals surface area contributed by atoms with Gasteiger partial charge in [0.15, 0.2) is 0 Å². The highest BCUT2D eigenvalue weighted by molar-refractivity contribution is 7.92. The Kier molecular flexibility index (Phi) is 4.04. The van der Waals surface area contributed by atoms with Gasteiger partial charge in [0.2, 0.25) is 10.0 Å². The lowest BCUT2D eigenvalue weighted by Gasteiger charge is -2.08. The van der Waals surface area contributed by atoms with Gasteiger partial charge in [-0.05, 0) is 31.2 Å². The number of anilines is 1. The van der Waals surface area contributed by atoms with E-state index in [4.69, 9.17) is 11.6 Å². The van der Waals surface area contributed by atoms with E-state index in [-0.39, 0.29) is 5.75 Å². The fourth-order valence-corrected chi connectivity index (χ4v) is 3.25. The van der Waals surface area contributed by atoms with Gasteiger partial charge in [0, 0.05) is 34.7 Å². The molecule has 120 valence electrons. The molecular formula is C16H16ClN3O2S. The van der Waals surface area contributed by atoms with E-state index in [9.17, 15) is 8.42 Å². The summed E-state index contributed by atoms with van der Waals surface area (Å²) < 4.78 is 27.9. The summed E-state index contributed by atoms with van der Waals surface area (Å²) in [5, 5.41) is 1.74. The highest BCUT2D eigenvalue weighted by Crippen LogP contribution is 2.29. The minimum atomic E-state index is -3.33. The van der Waals surface area contributed by atoms with Crippen LogP contribution in [0.3, 0.4) is 0 Å². The van der Waals surface area contributed by atoms with Crippen molar-refractivity contribution in [1.29, 1.82) is 0 Å². The first-order chi connectivity index (χ1) is 10.9. The number of aromatic nitrogens is 2. The van der Waals surface area contributed by atoms with Crippen LogP contribution < -0.4 is 4.72 Å². The molecule has 0 aliphatic carbocycles. The molecule has 0 amide bonds. The molecule has 0 fully saturated rings. The van der Waals surface area contributed by atoms with Gasteiger partial charge in [0.25, 0.3) is 0 Å². The van der Waals surface area contributed by atoms with E-state index in [0.29, 0.717) is 10.7 Å². The molecule has 0 unspecified atom stereocenters. The Balaban J connectivity index is 2.07. The lowest BCUT2D eigenvalue weighted by atomic mass is 10.2. The average Bonchev–Trinajstić information content (AvgIpc) is 2.84. The molecule has 23 heavy (non-hydrogen) atoms. The van der Waals surface area contributed by atoms with Crippen LogP contribution in [0.2, 0.25) is 5.02 Å². The topological polar surface area (TPSA) is 64.0 Å². The zero-order valence-electron chi connectivity index (χ0n) is 12.7. The Morgan fingerprint density at radius 3 is 2.74 bits per heavy atom. The molecule has 0 saturated carbocycles. The summed E-state index contributed by atoms with van der Waals surface area (Å²) in [6.07, 6.45) is 3.20. The number of halogens is 1. The summed E-state index contributed by atoms with van der Waals surface area (Å²) in [5.41, 5.74) is 3.23. The fraction of sp³-hybridized carbons (Fsp3) is 0.188. The van der Waals surface area contributed by atoms with Gasteiger partial charge in [-0.2, -0.15) is 0 Å². The largest absolute Gasteiger partial charge is 0.344 e. The smallest absolute Gasteiger partial charge is 0.232 e. The number of pyridine rings is 1. The summed E-state index contributed by atoms with van der Waals surface area (Å²) in [5.74, 6) is 0.0176. The molecule has 1 aromatic carbocycles. The van der Waals surface area contributed by atoms with E-state index in [1.54, 1.807) is 19.2 Å². The third-order valence-electron chi connectivity index (χ3n) is 3.69. The van der Waals surface area contributed by atoms with Gasteiger partial charge in [-0.25, -0.2) is 8.42 Å². The molecule has 0 saturated heterocycles. The first kappa shape index (κ1) is 15.8. The predicted octanol–water partition coefficient (Wildman–Crippen LogP) is 3.66. The normalized spacial score (nSPS) is 11.8.